The molecule has 0 aliphatic heterocycles. The minimum atomic E-state index is 0.351. The van der Waals surface area contributed by atoms with Crippen LogP contribution in [0, 0.1) is 0 Å². The van der Waals surface area contributed by atoms with Crippen LogP contribution in [0.15, 0.2) is 58.2 Å². The number of nitrogens with one attached hydrogen (secondary N) is 2. The highest BCUT2D eigenvalue weighted by Crippen LogP contribution is 2.28. The highest BCUT2D eigenvalue weighted by Gasteiger charge is 2.12. The molecule has 0 saturated carbocycles. The fraction of sp³-hybridized carbons (Fsp3) is 0.0526. The lowest BCUT2D eigenvalue weighted by molar-refractivity contribution is 0.949. The van der Waals surface area contributed by atoms with Crippen molar-refractivity contribution in [3.8, 4) is 0 Å². The molecule has 0 unspecified atom stereocenters. The van der Waals surface area contributed by atoms with Crippen molar-refractivity contribution in [3.05, 3.63) is 58.7 Å². The molecule has 0 atom stereocenters. The smallest absolute Gasteiger partial charge is 0.265 e. The molecule has 3 aromatic heterocycles. The van der Waals surface area contributed by atoms with Gasteiger partial charge in [-0.25, -0.2) is 5.43 Å². The molecule has 0 radical (unpaired) electrons. The van der Waals surface area contributed by atoms with Crippen LogP contribution in [0.4, 0.5) is 5.95 Å². The van der Waals surface area contributed by atoms with Crippen LogP contribution in [0.5, 0.6) is 0 Å². The van der Waals surface area contributed by atoms with Crippen LogP contribution >= 0.6 is 15.9 Å². The highest BCUT2D eigenvalue weighted by atomic mass is 79.9. The zero-order valence-corrected chi connectivity index (χ0v) is 15.9. The van der Waals surface area contributed by atoms with Crippen molar-refractivity contribution in [2.24, 2.45) is 12.1 Å². The summed E-state index contributed by atoms with van der Waals surface area (Å²) in [5, 5.41) is 14.9. The largest absolute Gasteiger partial charge is 0.361 e. The van der Waals surface area contributed by atoms with E-state index >= 15 is 0 Å². The fourth-order valence-corrected chi connectivity index (χ4v) is 3.60. The number of anilines is 1. The third kappa shape index (κ3) is 2.65. The number of aromatic amines is 1. The Morgan fingerprint density at radius 2 is 2.04 bits per heavy atom. The number of halogens is 1. The Morgan fingerprint density at radius 1 is 1.15 bits per heavy atom. The van der Waals surface area contributed by atoms with E-state index in [4.69, 9.17) is 0 Å². The van der Waals surface area contributed by atoms with E-state index in [-0.39, 0.29) is 0 Å². The molecule has 132 valence electrons. The number of aromatic nitrogens is 5. The van der Waals surface area contributed by atoms with Gasteiger partial charge >= 0.3 is 0 Å². The van der Waals surface area contributed by atoms with E-state index in [0.717, 1.165) is 43.0 Å². The van der Waals surface area contributed by atoms with Gasteiger partial charge in [0.15, 0.2) is 5.65 Å². The van der Waals surface area contributed by atoms with E-state index in [9.17, 15) is 0 Å². The first-order valence-electron chi connectivity index (χ1n) is 8.34. The number of fused-ring (bicyclic) bond motifs is 4. The van der Waals surface area contributed by atoms with Crippen LogP contribution in [0.2, 0.25) is 0 Å². The van der Waals surface area contributed by atoms with Gasteiger partial charge in [0.1, 0.15) is 5.52 Å². The van der Waals surface area contributed by atoms with E-state index < -0.39 is 0 Å². The molecule has 0 amide bonds. The maximum Gasteiger partial charge on any atom is 0.265 e. The molecule has 0 aliphatic carbocycles. The van der Waals surface area contributed by atoms with Crippen molar-refractivity contribution in [2.45, 2.75) is 0 Å². The van der Waals surface area contributed by atoms with Crippen molar-refractivity contribution in [3.63, 3.8) is 0 Å². The number of hydrogen-bond acceptors (Lipinski definition) is 5. The molecule has 5 rings (SSSR count). The Balaban J connectivity index is 1.48. The predicted octanol–water partition coefficient (Wildman–Crippen LogP) is 4.21. The van der Waals surface area contributed by atoms with E-state index in [0.29, 0.717) is 5.95 Å². The van der Waals surface area contributed by atoms with Gasteiger partial charge in [0.05, 0.1) is 11.7 Å². The number of nitrogens with zero attached hydrogens (tertiary/aromatic N) is 5. The summed E-state index contributed by atoms with van der Waals surface area (Å²) in [6.45, 7) is 0. The van der Waals surface area contributed by atoms with Gasteiger partial charge in [-0.3, -0.25) is 0 Å². The first-order chi connectivity index (χ1) is 13.2. The Kier molecular flexibility index (Phi) is 3.64. The molecule has 0 spiro atoms. The third-order valence-electron chi connectivity index (χ3n) is 4.55. The lowest BCUT2D eigenvalue weighted by atomic mass is 10.2. The van der Waals surface area contributed by atoms with Crippen LogP contribution in [0.3, 0.4) is 0 Å². The molecule has 0 aliphatic rings. The number of para-hydroxylation sites is 1. The number of rotatable bonds is 3. The average molecular weight is 420 g/mol. The summed E-state index contributed by atoms with van der Waals surface area (Å²) in [5.41, 5.74) is 7.49. The van der Waals surface area contributed by atoms with Crippen LogP contribution < -0.4 is 5.43 Å². The van der Waals surface area contributed by atoms with Gasteiger partial charge in [-0.05, 0) is 24.3 Å². The van der Waals surface area contributed by atoms with Crippen LogP contribution in [0.1, 0.15) is 5.56 Å². The molecule has 5 aromatic rings. The molecule has 0 fully saturated rings. The van der Waals surface area contributed by atoms with Gasteiger partial charge < -0.3 is 9.55 Å². The van der Waals surface area contributed by atoms with Gasteiger partial charge in [0.2, 0.25) is 0 Å². The fourth-order valence-electron chi connectivity index (χ4n) is 3.24. The van der Waals surface area contributed by atoms with E-state index in [1.54, 1.807) is 6.21 Å². The highest BCUT2D eigenvalue weighted by molar-refractivity contribution is 9.10. The first kappa shape index (κ1) is 16.0. The van der Waals surface area contributed by atoms with Crippen LogP contribution in [-0.4, -0.2) is 30.9 Å². The summed E-state index contributed by atoms with van der Waals surface area (Å²) in [6, 6.07) is 14.1. The zero-order chi connectivity index (χ0) is 18.4. The lowest BCUT2D eigenvalue weighted by Crippen LogP contribution is -2.00. The van der Waals surface area contributed by atoms with Crippen molar-refractivity contribution < 1.29 is 0 Å². The Labute approximate surface area is 162 Å². The van der Waals surface area contributed by atoms with E-state index in [1.807, 2.05) is 60.3 Å². The molecule has 8 heteroatoms. The summed E-state index contributed by atoms with van der Waals surface area (Å²) in [4.78, 5) is 7.78. The second-order valence-electron chi connectivity index (χ2n) is 6.19. The number of H-pyrrole nitrogens is 1. The quantitative estimate of drug-likeness (QED) is 0.338. The Bertz CT molecular complexity index is 1330. The van der Waals surface area contributed by atoms with Gasteiger partial charge in [-0.2, -0.15) is 10.1 Å². The molecule has 7 nitrogen and oxygen atoms in total. The predicted molar refractivity (Wildman–Crippen MR) is 111 cm³/mol. The minimum absolute atomic E-state index is 0.351. The minimum Gasteiger partial charge on any atom is -0.361 e. The lowest BCUT2D eigenvalue weighted by Gasteiger charge is -1.99. The average Bonchev–Trinajstić information content (AvgIpc) is 3.22. The van der Waals surface area contributed by atoms with Gasteiger partial charge in [0.25, 0.3) is 5.95 Å². The topological polar surface area (TPSA) is 83.8 Å². The number of aryl methyl sites for hydroxylation is 1. The summed E-state index contributed by atoms with van der Waals surface area (Å²) in [6.07, 6.45) is 3.66. The van der Waals surface area contributed by atoms with Gasteiger partial charge in [-0.15, -0.1) is 10.2 Å². The Morgan fingerprint density at radius 3 is 2.96 bits per heavy atom. The van der Waals surface area contributed by atoms with Crippen molar-refractivity contribution in [2.75, 3.05) is 5.43 Å². The number of hydrogen-bond donors (Lipinski definition) is 2. The van der Waals surface area contributed by atoms with Crippen molar-refractivity contribution >= 4 is 61.1 Å². The van der Waals surface area contributed by atoms with Crippen molar-refractivity contribution in [1.29, 1.82) is 0 Å². The second kappa shape index (κ2) is 6.17. The van der Waals surface area contributed by atoms with Crippen molar-refractivity contribution in [1.82, 2.24) is 24.7 Å². The molecule has 2 N–H and O–H groups in total. The number of hydrazone groups is 1. The summed E-state index contributed by atoms with van der Waals surface area (Å²) >= 11 is 3.50. The molecule has 0 saturated heterocycles. The van der Waals surface area contributed by atoms with Gasteiger partial charge in [-0.1, -0.05) is 34.1 Å². The normalized spacial score (nSPS) is 11.9. The molecular formula is C19H14BrN7. The SMILES string of the molecule is Cn1c2ccc(Br)cc2c2nnc(N/N=C\c3c[nH]c4ccccc34)nc21. The molecular weight excluding hydrogens is 406 g/mol. The summed E-state index contributed by atoms with van der Waals surface area (Å²) < 4.78 is 3.00. The first-order valence-corrected chi connectivity index (χ1v) is 9.13. The van der Waals surface area contributed by atoms with Crippen LogP contribution in [0.25, 0.3) is 33.0 Å². The maximum absolute atomic E-state index is 4.56. The standard InChI is InChI=1S/C19H14BrN7/c1-27-16-7-6-12(20)8-14(16)17-18(27)23-19(26-24-17)25-22-10-11-9-21-15-5-3-2-4-13(11)15/h2-10,21H,1H3,(H,23,25,26)/b22-10-. The van der Waals surface area contributed by atoms with Crippen LogP contribution in [-0.2, 0) is 7.05 Å². The van der Waals surface area contributed by atoms with E-state index in [2.05, 4.69) is 46.6 Å². The molecule has 3 heterocycles. The molecule has 2 aromatic carbocycles. The maximum atomic E-state index is 4.56. The molecule has 27 heavy (non-hydrogen) atoms. The summed E-state index contributed by atoms with van der Waals surface area (Å²) in [5.74, 6) is 0.351. The zero-order valence-electron chi connectivity index (χ0n) is 14.3. The summed E-state index contributed by atoms with van der Waals surface area (Å²) in [7, 11) is 1.96. The van der Waals surface area contributed by atoms with E-state index in [1.165, 1.54) is 0 Å². The third-order valence-corrected chi connectivity index (χ3v) is 5.04. The number of benzene rings is 2. The molecule has 0 bridgehead atoms. The monoisotopic (exact) mass is 419 g/mol. The van der Waals surface area contributed by atoms with Gasteiger partial charge in [0, 0.05) is 39.6 Å². The Hall–Kier alpha value is -3.26. The second-order valence-corrected chi connectivity index (χ2v) is 7.10.